The molecular formula is C3HNS. The molecule has 1 heterocycles. The molecule has 0 unspecified atom stereocenters. The van der Waals surface area contributed by atoms with Crippen LogP contribution in [-0.4, -0.2) is 4.37 Å². The fourth-order valence-electron chi connectivity index (χ4n) is 0.132. The second-order valence-corrected chi connectivity index (χ2v) is 1.20. The van der Waals surface area contributed by atoms with E-state index in [0.717, 1.165) is 0 Å². The average molecular weight is 83.1 g/mol. The molecular weight excluding hydrogens is 82.1 g/mol. The van der Waals surface area contributed by atoms with Crippen molar-refractivity contribution in [2.75, 3.05) is 0 Å². The summed E-state index contributed by atoms with van der Waals surface area (Å²) in [5.74, 6) is 0. The van der Waals surface area contributed by atoms with Crippen molar-refractivity contribution in [2.45, 2.75) is 0 Å². The van der Waals surface area contributed by atoms with Gasteiger partial charge < -0.3 is 0 Å². The summed E-state index contributed by atoms with van der Waals surface area (Å²) < 4.78 is 3.58. The van der Waals surface area contributed by atoms with Gasteiger partial charge >= 0.3 is 0 Å². The molecule has 2 heteroatoms. The van der Waals surface area contributed by atoms with Gasteiger partial charge in [0.25, 0.3) is 0 Å². The standard InChI is InChI=1S/C3HNS/c1-2-4-5-3-1/h3H. The fraction of sp³-hybridized carbons (Fsp3) is 0. The summed E-state index contributed by atoms with van der Waals surface area (Å²) in [5.41, 5.74) is 0. The third-order valence-corrected chi connectivity index (χ3v) is 0.694. The van der Waals surface area contributed by atoms with Crippen LogP contribution in [0.3, 0.4) is 0 Å². The van der Waals surface area contributed by atoms with Gasteiger partial charge in [0, 0.05) is 11.4 Å². The Morgan fingerprint density at radius 3 is 3.00 bits per heavy atom. The average Bonchev–Trinajstić information content (AvgIpc) is 1.76. The van der Waals surface area contributed by atoms with Crippen LogP contribution in [0.5, 0.6) is 0 Å². The van der Waals surface area contributed by atoms with Gasteiger partial charge in [-0.25, -0.2) is 0 Å². The Labute approximate surface area is 34.4 Å². The van der Waals surface area contributed by atoms with Crippen LogP contribution in [0.4, 0.5) is 0 Å². The Hall–Kier alpha value is -0.370. The zero-order valence-electron chi connectivity index (χ0n) is 2.43. The van der Waals surface area contributed by atoms with E-state index in [1.807, 2.05) is 0 Å². The molecule has 0 spiro atoms. The summed E-state index contributed by atoms with van der Waals surface area (Å²) in [6, 6.07) is 2.64. The first-order valence-corrected chi connectivity index (χ1v) is 2.02. The van der Waals surface area contributed by atoms with Crippen LogP contribution >= 0.6 is 11.5 Å². The number of rotatable bonds is 0. The highest BCUT2D eigenvalue weighted by molar-refractivity contribution is 7.03. The van der Waals surface area contributed by atoms with Crippen molar-refractivity contribution >= 4 is 11.5 Å². The normalized spacial score (nSPS) is 8.00. The molecule has 0 amide bonds. The maximum atomic E-state index is 3.58. The first kappa shape index (κ1) is 2.85. The predicted molar refractivity (Wildman–Crippen MR) is 19.8 cm³/mol. The molecule has 0 fully saturated rings. The van der Waals surface area contributed by atoms with Crippen molar-refractivity contribution < 1.29 is 0 Å². The van der Waals surface area contributed by atoms with E-state index in [1.54, 1.807) is 5.38 Å². The van der Waals surface area contributed by atoms with Crippen molar-refractivity contribution in [1.29, 1.82) is 0 Å². The summed E-state index contributed by atoms with van der Waals surface area (Å²) in [6.07, 6.45) is 2.50. The van der Waals surface area contributed by atoms with E-state index in [2.05, 4.69) is 16.6 Å². The first-order chi connectivity index (χ1) is 2.50. The van der Waals surface area contributed by atoms with Crippen LogP contribution in [0.2, 0.25) is 0 Å². The number of hydrogen-bond acceptors (Lipinski definition) is 2. The van der Waals surface area contributed by atoms with Crippen molar-refractivity contribution in [3.05, 3.63) is 17.6 Å². The van der Waals surface area contributed by atoms with Gasteiger partial charge in [0.05, 0.1) is 0 Å². The zero-order valence-corrected chi connectivity index (χ0v) is 3.25. The third-order valence-electron chi connectivity index (χ3n) is 0.275. The molecule has 24 valence electrons. The van der Waals surface area contributed by atoms with E-state index in [9.17, 15) is 0 Å². The molecule has 1 aromatic rings. The van der Waals surface area contributed by atoms with Crippen LogP contribution in [0.15, 0.2) is 5.38 Å². The quantitative estimate of drug-likeness (QED) is 0.451. The van der Waals surface area contributed by atoms with Crippen LogP contribution in [0, 0.1) is 12.3 Å². The second-order valence-electron chi connectivity index (χ2n) is 0.571. The van der Waals surface area contributed by atoms with Crippen LogP contribution in [-0.2, 0) is 0 Å². The third kappa shape index (κ3) is 0.450. The zero-order chi connectivity index (χ0) is 3.54. The van der Waals surface area contributed by atoms with Gasteiger partial charge in [-0.05, 0) is 11.5 Å². The van der Waals surface area contributed by atoms with Gasteiger partial charge in [0.15, 0.2) is 0 Å². The lowest BCUT2D eigenvalue weighted by Gasteiger charge is -1.39. The number of nitrogens with zero attached hydrogens (tertiary/aromatic N) is 1. The molecule has 2 radical (unpaired) electrons. The predicted octanol–water partition coefficient (Wildman–Crippen LogP) is 0.743. The minimum atomic E-state index is 1.35. The summed E-state index contributed by atoms with van der Waals surface area (Å²) in [4.78, 5) is 0. The van der Waals surface area contributed by atoms with E-state index in [4.69, 9.17) is 0 Å². The Morgan fingerprint density at radius 1 is 1.80 bits per heavy atom. The molecule has 0 saturated carbocycles. The molecule has 1 nitrogen and oxygen atoms in total. The van der Waals surface area contributed by atoms with Crippen molar-refractivity contribution in [3.8, 4) is 0 Å². The van der Waals surface area contributed by atoms with Crippen molar-refractivity contribution in [3.63, 3.8) is 0 Å². The molecule has 0 aliphatic rings. The maximum Gasteiger partial charge on any atom is 0.112 e. The maximum absolute atomic E-state index is 3.58. The van der Waals surface area contributed by atoms with Gasteiger partial charge in [-0.15, -0.1) is 0 Å². The lowest BCUT2D eigenvalue weighted by Crippen LogP contribution is -1.35. The molecule has 0 bridgehead atoms. The molecule has 0 N–H and O–H groups in total. The minimum absolute atomic E-state index is 1.35. The second kappa shape index (κ2) is 1.17. The Bertz CT molecular complexity index is 63.4. The molecule has 0 atom stereocenters. The Kier molecular flexibility index (Phi) is 0.667. The highest BCUT2D eigenvalue weighted by Crippen LogP contribution is 1.81. The number of aromatic nitrogens is 1. The van der Waals surface area contributed by atoms with E-state index in [0.29, 0.717) is 0 Å². The molecule has 0 aromatic carbocycles. The van der Waals surface area contributed by atoms with Crippen molar-refractivity contribution in [1.82, 2.24) is 4.37 Å². The van der Waals surface area contributed by atoms with E-state index in [-0.39, 0.29) is 0 Å². The SMILES string of the molecule is [c]1[c]nsc1. The smallest absolute Gasteiger partial charge is 0.112 e. The number of hydrogen-bond donors (Lipinski definition) is 0. The summed E-state index contributed by atoms with van der Waals surface area (Å²) >= 11 is 1.35. The molecule has 1 rings (SSSR count). The summed E-state index contributed by atoms with van der Waals surface area (Å²) in [6.45, 7) is 0. The monoisotopic (exact) mass is 83.0 g/mol. The largest absolute Gasteiger partial charge is 0.190 e. The first-order valence-electron chi connectivity index (χ1n) is 1.18. The Balaban J connectivity index is 3.13. The van der Waals surface area contributed by atoms with Gasteiger partial charge in [-0.1, -0.05) is 0 Å². The molecule has 1 aromatic heterocycles. The lowest BCUT2D eigenvalue weighted by atomic mass is 10.8. The highest BCUT2D eigenvalue weighted by Gasteiger charge is 1.63. The summed E-state index contributed by atoms with van der Waals surface area (Å²) in [7, 11) is 0. The van der Waals surface area contributed by atoms with Gasteiger partial charge in [-0.3, -0.25) is 0 Å². The van der Waals surface area contributed by atoms with Gasteiger partial charge in [0.2, 0.25) is 0 Å². The molecule has 0 saturated heterocycles. The van der Waals surface area contributed by atoms with Gasteiger partial charge in [0.1, 0.15) is 6.20 Å². The summed E-state index contributed by atoms with van der Waals surface area (Å²) in [5, 5.41) is 1.75. The van der Waals surface area contributed by atoms with Crippen LogP contribution in [0.25, 0.3) is 0 Å². The lowest BCUT2D eigenvalue weighted by molar-refractivity contribution is 1.55. The van der Waals surface area contributed by atoms with E-state index in [1.165, 1.54) is 11.5 Å². The topological polar surface area (TPSA) is 12.9 Å². The van der Waals surface area contributed by atoms with Crippen molar-refractivity contribution in [2.24, 2.45) is 0 Å². The minimum Gasteiger partial charge on any atom is -0.190 e. The van der Waals surface area contributed by atoms with Crippen LogP contribution < -0.4 is 0 Å². The van der Waals surface area contributed by atoms with Crippen LogP contribution in [0.1, 0.15) is 0 Å². The highest BCUT2D eigenvalue weighted by atomic mass is 32.1. The van der Waals surface area contributed by atoms with Gasteiger partial charge in [-0.2, -0.15) is 4.37 Å². The molecule has 0 aliphatic carbocycles. The molecule has 0 aliphatic heterocycles. The Morgan fingerprint density at radius 2 is 2.80 bits per heavy atom. The molecule has 5 heavy (non-hydrogen) atoms. The van der Waals surface area contributed by atoms with E-state index >= 15 is 0 Å². The fourth-order valence-corrected chi connectivity index (χ4v) is 0.395. The van der Waals surface area contributed by atoms with E-state index < -0.39 is 0 Å².